The number of benzene rings is 1. The van der Waals surface area contributed by atoms with Crippen LogP contribution in [-0.4, -0.2) is 46.2 Å². The molecular formula is C16H21N3O4. The molecule has 7 heteroatoms. The first-order chi connectivity index (χ1) is 11.0. The number of ether oxygens (including phenoxy) is 2. The quantitative estimate of drug-likeness (QED) is 0.773. The van der Waals surface area contributed by atoms with Gasteiger partial charge in [0.15, 0.2) is 17.6 Å². The number of hydrogen-bond donors (Lipinski definition) is 2. The molecule has 2 N–H and O–H groups in total. The number of methoxy groups -OCH3 is 1. The minimum Gasteiger partial charge on any atom is -0.493 e. The zero-order valence-corrected chi connectivity index (χ0v) is 13.4. The summed E-state index contributed by atoms with van der Waals surface area (Å²) in [5, 5.41) is 8.92. The Morgan fingerprint density at radius 1 is 1.39 bits per heavy atom. The second-order valence-electron chi connectivity index (χ2n) is 5.29. The van der Waals surface area contributed by atoms with Crippen LogP contribution in [0.2, 0.25) is 0 Å². The van der Waals surface area contributed by atoms with E-state index in [0.29, 0.717) is 24.6 Å². The normalized spacial score (nSPS) is 12.2. The first-order valence-corrected chi connectivity index (χ1v) is 7.22. The fourth-order valence-corrected chi connectivity index (χ4v) is 2.16. The van der Waals surface area contributed by atoms with Crippen LogP contribution in [0.25, 0.3) is 0 Å². The van der Waals surface area contributed by atoms with Crippen molar-refractivity contribution in [2.45, 2.75) is 26.1 Å². The number of carboxylic acids is 1. The van der Waals surface area contributed by atoms with Gasteiger partial charge in [-0.3, -0.25) is 4.90 Å². The molecule has 7 nitrogen and oxygen atoms in total. The second-order valence-corrected chi connectivity index (χ2v) is 5.29. The lowest BCUT2D eigenvalue weighted by Crippen LogP contribution is -2.23. The largest absolute Gasteiger partial charge is 0.493 e. The van der Waals surface area contributed by atoms with Crippen LogP contribution < -0.4 is 9.47 Å². The lowest BCUT2D eigenvalue weighted by Gasteiger charge is -2.18. The summed E-state index contributed by atoms with van der Waals surface area (Å²) in [7, 11) is 3.52. The summed E-state index contributed by atoms with van der Waals surface area (Å²) in [4.78, 5) is 20.3. The van der Waals surface area contributed by atoms with Crippen LogP contribution in [0.4, 0.5) is 0 Å². The molecule has 0 aliphatic rings. The number of aromatic nitrogens is 2. The molecule has 0 unspecified atom stereocenters. The molecule has 0 bridgehead atoms. The fourth-order valence-electron chi connectivity index (χ4n) is 2.16. The Labute approximate surface area is 134 Å². The van der Waals surface area contributed by atoms with E-state index in [1.807, 2.05) is 19.2 Å². The average Bonchev–Trinajstić information content (AvgIpc) is 3.01. The number of carbonyl (C=O) groups is 1. The van der Waals surface area contributed by atoms with Gasteiger partial charge < -0.3 is 19.6 Å². The summed E-state index contributed by atoms with van der Waals surface area (Å²) in [5.41, 5.74) is 1.03. The van der Waals surface area contributed by atoms with Gasteiger partial charge in [0, 0.05) is 18.9 Å². The third-order valence-electron chi connectivity index (χ3n) is 3.31. The van der Waals surface area contributed by atoms with Gasteiger partial charge in [-0.25, -0.2) is 9.78 Å². The first-order valence-electron chi connectivity index (χ1n) is 7.22. The molecule has 2 aromatic rings. The van der Waals surface area contributed by atoms with Gasteiger partial charge in [0.05, 0.1) is 13.7 Å². The highest BCUT2D eigenvalue weighted by Crippen LogP contribution is 2.29. The maximum atomic E-state index is 10.9. The van der Waals surface area contributed by atoms with E-state index in [0.717, 1.165) is 11.4 Å². The fraction of sp³-hybridized carbons (Fsp3) is 0.375. The van der Waals surface area contributed by atoms with Gasteiger partial charge in [0.25, 0.3) is 0 Å². The van der Waals surface area contributed by atoms with Gasteiger partial charge in [-0.05, 0) is 31.7 Å². The topological polar surface area (TPSA) is 87.7 Å². The van der Waals surface area contributed by atoms with Crippen molar-refractivity contribution in [2.75, 3.05) is 14.2 Å². The van der Waals surface area contributed by atoms with E-state index < -0.39 is 12.1 Å². The minimum atomic E-state index is -1.02. The Balaban J connectivity index is 2.04. The summed E-state index contributed by atoms with van der Waals surface area (Å²) < 4.78 is 10.7. The minimum absolute atomic E-state index is 0.417. The van der Waals surface area contributed by atoms with Crippen LogP contribution >= 0.6 is 0 Å². The molecule has 1 heterocycles. The number of carboxylic acid groups (broad SMARTS) is 1. The third-order valence-corrected chi connectivity index (χ3v) is 3.31. The van der Waals surface area contributed by atoms with E-state index in [9.17, 15) is 4.79 Å². The molecular weight excluding hydrogens is 298 g/mol. The maximum absolute atomic E-state index is 10.9. The van der Waals surface area contributed by atoms with Gasteiger partial charge in [-0.15, -0.1) is 0 Å². The Morgan fingerprint density at radius 3 is 2.78 bits per heavy atom. The number of rotatable bonds is 8. The van der Waals surface area contributed by atoms with Crippen LogP contribution in [-0.2, 0) is 17.9 Å². The third kappa shape index (κ3) is 4.72. The Kier molecular flexibility index (Phi) is 5.59. The molecule has 0 radical (unpaired) electrons. The number of hydrogen-bond acceptors (Lipinski definition) is 5. The zero-order chi connectivity index (χ0) is 16.8. The van der Waals surface area contributed by atoms with Crippen LogP contribution in [0.3, 0.4) is 0 Å². The second kappa shape index (κ2) is 7.64. The number of H-pyrrole nitrogens is 1. The number of aromatic amines is 1. The van der Waals surface area contributed by atoms with Crippen LogP contribution in [0, 0.1) is 0 Å². The monoisotopic (exact) mass is 319 g/mol. The highest BCUT2D eigenvalue weighted by Gasteiger charge is 2.16. The van der Waals surface area contributed by atoms with E-state index in [1.54, 1.807) is 18.5 Å². The van der Waals surface area contributed by atoms with Crippen molar-refractivity contribution in [3.8, 4) is 11.5 Å². The smallest absolute Gasteiger partial charge is 0.344 e. The molecule has 2 rings (SSSR count). The van der Waals surface area contributed by atoms with Crippen LogP contribution in [0.1, 0.15) is 18.3 Å². The Hall–Kier alpha value is -2.54. The number of aliphatic carboxylic acids is 1. The summed E-state index contributed by atoms with van der Waals surface area (Å²) in [5.74, 6) is 0.811. The molecule has 124 valence electrons. The van der Waals surface area contributed by atoms with E-state index >= 15 is 0 Å². The number of imidazole rings is 1. The maximum Gasteiger partial charge on any atom is 0.344 e. The molecule has 0 saturated heterocycles. The van der Waals surface area contributed by atoms with Gasteiger partial charge in [-0.1, -0.05) is 6.07 Å². The van der Waals surface area contributed by atoms with Gasteiger partial charge in [0.2, 0.25) is 0 Å². The predicted octanol–water partition coefficient (Wildman–Crippen LogP) is 1.90. The SMILES string of the molecule is COc1cc(CN(C)Cc2ncc[nH]2)ccc1O[C@H](C)C(=O)O. The molecule has 0 aliphatic heterocycles. The Bertz CT molecular complexity index is 643. The highest BCUT2D eigenvalue weighted by atomic mass is 16.5. The van der Waals surface area contributed by atoms with Crippen molar-refractivity contribution in [1.29, 1.82) is 0 Å². The van der Waals surface area contributed by atoms with Crippen LogP contribution in [0.5, 0.6) is 11.5 Å². The summed E-state index contributed by atoms with van der Waals surface area (Å²) in [6.45, 7) is 2.88. The average molecular weight is 319 g/mol. The van der Waals surface area contributed by atoms with Gasteiger partial charge in [0.1, 0.15) is 5.82 Å². The van der Waals surface area contributed by atoms with Crippen molar-refractivity contribution >= 4 is 5.97 Å². The predicted molar refractivity (Wildman–Crippen MR) is 84.5 cm³/mol. The van der Waals surface area contributed by atoms with E-state index in [1.165, 1.54) is 14.0 Å². The van der Waals surface area contributed by atoms with Crippen molar-refractivity contribution in [2.24, 2.45) is 0 Å². The summed E-state index contributed by atoms with van der Waals surface area (Å²) in [6, 6.07) is 5.47. The van der Waals surface area contributed by atoms with E-state index in [4.69, 9.17) is 14.6 Å². The molecule has 0 aliphatic carbocycles. The molecule has 1 atom stereocenters. The van der Waals surface area contributed by atoms with Crippen molar-refractivity contribution in [3.63, 3.8) is 0 Å². The molecule has 0 spiro atoms. The highest BCUT2D eigenvalue weighted by molar-refractivity contribution is 5.72. The molecule has 0 saturated carbocycles. The molecule has 1 aromatic carbocycles. The molecule has 23 heavy (non-hydrogen) atoms. The zero-order valence-electron chi connectivity index (χ0n) is 13.4. The van der Waals surface area contributed by atoms with Crippen molar-refractivity contribution < 1.29 is 19.4 Å². The van der Waals surface area contributed by atoms with Crippen molar-refractivity contribution in [3.05, 3.63) is 42.0 Å². The van der Waals surface area contributed by atoms with Gasteiger partial charge >= 0.3 is 5.97 Å². The molecule has 1 aromatic heterocycles. The number of nitrogens with one attached hydrogen (secondary N) is 1. The lowest BCUT2D eigenvalue weighted by atomic mass is 10.2. The van der Waals surface area contributed by atoms with Crippen LogP contribution in [0.15, 0.2) is 30.6 Å². The first kappa shape index (κ1) is 16.8. The number of nitrogens with zero attached hydrogens (tertiary/aromatic N) is 2. The van der Waals surface area contributed by atoms with E-state index in [-0.39, 0.29) is 0 Å². The summed E-state index contributed by atoms with van der Waals surface area (Å²) >= 11 is 0. The molecule has 0 fully saturated rings. The molecule has 0 amide bonds. The summed E-state index contributed by atoms with van der Waals surface area (Å²) in [6.07, 6.45) is 2.58. The van der Waals surface area contributed by atoms with Gasteiger partial charge in [-0.2, -0.15) is 0 Å². The van der Waals surface area contributed by atoms with Crippen molar-refractivity contribution in [1.82, 2.24) is 14.9 Å². The Morgan fingerprint density at radius 2 is 2.17 bits per heavy atom. The lowest BCUT2D eigenvalue weighted by molar-refractivity contribution is -0.144. The van der Waals surface area contributed by atoms with E-state index in [2.05, 4.69) is 14.9 Å². The standard InChI is InChI=1S/C16H21N3O4/c1-11(16(20)21)23-13-5-4-12(8-14(13)22-3)9-19(2)10-15-17-6-7-18-15/h4-8,11H,9-10H2,1-3H3,(H,17,18)(H,20,21)/t11-/m1/s1.